The van der Waals surface area contributed by atoms with Crippen LogP contribution >= 0.6 is 0 Å². The van der Waals surface area contributed by atoms with E-state index in [1.807, 2.05) is 0 Å². The summed E-state index contributed by atoms with van der Waals surface area (Å²) in [5.41, 5.74) is 2.60. The van der Waals surface area contributed by atoms with Gasteiger partial charge in [-0.15, -0.1) is 0 Å². The second-order valence-corrected chi connectivity index (χ2v) is 4.78. The zero-order valence-electron chi connectivity index (χ0n) is 10.7. The number of methoxy groups -OCH3 is 1. The molecule has 1 aromatic carbocycles. The van der Waals surface area contributed by atoms with Crippen molar-refractivity contribution in [2.24, 2.45) is 0 Å². The quantitative estimate of drug-likeness (QED) is 0.819. The molecule has 0 saturated carbocycles. The second-order valence-electron chi connectivity index (χ2n) is 4.78. The maximum Gasteiger partial charge on any atom is 0.0529 e. The minimum atomic E-state index is 0.429. The topological polar surface area (TPSA) is 33.3 Å². The maximum atomic E-state index is 5.24. The average molecular weight is 234 g/mol. The number of hydrogen-bond donors (Lipinski definition) is 2. The Balaban J connectivity index is 2.09. The van der Waals surface area contributed by atoms with Crippen molar-refractivity contribution in [3.05, 3.63) is 29.8 Å². The molecule has 0 bridgehead atoms. The van der Waals surface area contributed by atoms with Crippen molar-refractivity contribution >= 4 is 5.69 Å². The van der Waals surface area contributed by atoms with Crippen LogP contribution in [0.25, 0.3) is 0 Å². The fourth-order valence-corrected chi connectivity index (χ4v) is 2.40. The summed E-state index contributed by atoms with van der Waals surface area (Å²) in [4.78, 5) is 0. The van der Waals surface area contributed by atoms with Crippen LogP contribution < -0.4 is 10.6 Å². The van der Waals surface area contributed by atoms with E-state index in [1.54, 1.807) is 7.11 Å². The van der Waals surface area contributed by atoms with Crippen LogP contribution in [0.15, 0.2) is 24.3 Å². The highest BCUT2D eigenvalue weighted by atomic mass is 16.5. The molecule has 0 spiro atoms. The molecule has 2 rings (SSSR count). The van der Waals surface area contributed by atoms with Crippen molar-refractivity contribution in [3.8, 4) is 0 Å². The molecule has 2 atom stereocenters. The molecule has 1 heterocycles. The summed E-state index contributed by atoms with van der Waals surface area (Å²) in [6.07, 6.45) is 1.20. The van der Waals surface area contributed by atoms with Crippen molar-refractivity contribution in [3.63, 3.8) is 0 Å². The largest absolute Gasteiger partial charge is 0.384 e. The lowest BCUT2D eigenvalue weighted by atomic mass is 9.99. The van der Waals surface area contributed by atoms with E-state index in [4.69, 9.17) is 4.74 Å². The Morgan fingerprint density at radius 2 is 2.29 bits per heavy atom. The summed E-state index contributed by atoms with van der Waals surface area (Å²) in [6, 6.07) is 9.10. The molecule has 1 fully saturated rings. The zero-order chi connectivity index (χ0) is 12.1. The third-order valence-electron chi connectivity index (χ3n) is 3.33. The van der Waals surface area contributed by atoms with Crippen LogP contribution in [0.4, 0.5) is 5.69 Å². The number of para-hydroxylation sites is 1. The highest BCUT2D eigenvalue weighted by molar-refractivity contribution is 5.53. The van der Waals surface area contributed by atoms with Crippen LogP contribution in [0.5, 0.6) is 0 Å². The van der Waals surface area contributed by atoms with Gasteiger partial charge in [0.2, 0.25) is 0 Å². The number of anilines is 1. The maximum absolute atomic E-state index is 5.24. The Kier molecular flexibility index (Phi) is 4.40. The fraction of sp³-hybridized carbons (Fsp3) is 0.571. The first-order chi connectivity index (χ1) is 8.31. The van der Waals surface area contributed by atoms with E-state index in [9.17, 15) is 0 Å². The molecule has 94 valence electrons. The molecular formula is C14H22N2O. The Morgan fingerprint density at radius 3 is 3.00 bits per heavy atom. The monoisotopic (exact) mass is 234 g/mol. The minimum Gasteiger partial charge on any atom is -0.384 e. The highest BCUT2D eigenvalue weighted by Gasteiger charge is 2.16. The number of hydrogen-bond acceptors (Lipinski definition) is 3. The SMILES string of the molecule is COCC(C)c1ccccc1N[C@@H]1CCNC1. The lowest BCUT2D eigenvalue weighted by molar-refractivity contribution is 0.184. The van der Waals surface area contributed by atoms with E-state index >= 15 is 0 Å². The van der Waals surface area contributed by atoms with Crippen LogP contribution in [0.1, 0.15) is 24.8 Å². The molecular weight excluding hydrogens is 212 g/mol. The predicted octanol–water partition coefficient (Wildman–Crippen LogP) is 2.21. The molecule has 3 heteroatoms. The first-order valence-electron chi connectivity index (χ1n) is 6.36. The molecule has 1 saturated heterocycles. The molecule has 1 aliphatic heterocycles. The van der Waals surface area contributed by atoms with Crippen molar-refractivity contribution in [2.45, 2.75) is 25.3 Å². The van der Waals surface area contributed by atoms with Gasteiger partial charge in [-0.25, -0.2) is 0 Å². The van der Waals surface area contributed by atoms with Crippen LogP contribution in [-0.4, -0.2) is 32.8 Å². The molecule has 1 unspecified atom stereocenters. The number of nitrogens with one attached hydrogen (secondary N) is 2. The van der Waals surface area contributed by atoms with E-state index in [0.29, 0.717) is 12.0 Å². The van der Waals surface area contributed by atoms with Crippen molar-refractivity contribution in [2.75, 3.05) is 32.1 Å². The highest BCUT2D eigenvalue weighted by Crippen LogP contribution is 2.25. The van der Waals surface area contributed by atoms with Crippen LogP contribution in [-0.2, 0) is 4.74 Å². The molecule has 3 nitrogen and oxygen atoms in total. The molecule has 1 aromatic rings. The lowest BCUT2D eigenvalue weighted by Gasteiger charge is -2.20. The summed E-state index contributed by atoms with van der Waals surface area (Å²) in [5.74, 6) is 0.429. The normalized spacial score (nSPS) is 21.4. The Hall–Kier alpha value is -1.06. The molecule has 0 aliphatic carbocycles. The van der Waals surface area contributed by atoms with Gasteiger partial charge in [-0.2, -0.15) is 0 Å². The third kappa shape index (κ3) is 3.20. The van der Waals surface area contributed by atoms with Gasteiger partial charge < -0.3 is 15.4 Å². The van der Waals surface area contributed by atoms with E-state index < -0.39 is 0 Å². The molecule has 2 N–H and O–H groups in total. The smallest absolute Gasteiger partial charge is 0.0529 e. The Labute approximate surface area is 104 Å². The third-order valence-corrected chi connectivity index (χ3v) is 3.33. The summed E-state index contributed by atoms with van der Waals surface area (Å²) >= 11 is 0. The Bertz CT molecular complexity index is 348. The number of ether oxygens (including phenoxy) is 1. The van der Waals surface area contributed by atoms with E-state index in [2.05, 4.69) is 41.8 Å². The van der Waals surface area contributed by atoms with Gasteiger partial charge in [-0.1, -0.05) is 25.1 Å². The predicted molar refractivity (Wildman–Crippen MR) is 71.6 cm³/mol. The summed E-state index contributed by atoms with van der Waals surface area (Å²) < 4.78 is 5.24. The van der Waals surface area contributed by atoms with Gasteiger partial charge in [0.15, 0.2) is 0 Å². The number of benzene rings is 1. The first-order valence-corrected chi connectivity index (χ1v) is 6.36. The first kappa shape index (κ1) is 12.4. The van der Waals surface area contributed by atoms with E-state index in [1.165, 1.54) is 17.7 Å². The summed E-state index contributed by atoms with van der Waals surface area (Å²) in [5, 5.41) is 7.01. The van der Waals surface area contributed by atoms with Crippen LogP contribution in [0, 0.1) is 0 Å². The van der Waals surface area contributed by atoms with Gasteiger partial charge >= 0.3 is 0 Å². The van der Waals surface area contributed by atoms with Gasteiger partial charge in [0, 0.05) is 31.3 Å². The van der Waals surface area contributed by atoms with Gasteiger partial charge in [0.25, 0.3) is 0 Å². The standard InChI is InChI=1S/C14H22N2O/c1-11(10-17-2)13-5-3-4-6-14(13)16-12-7-8-15-9-12/h3-6,11-12,15-16H,7-10H2,1-2H3/t11?,12-/m1/s1. The second kappa shape index (κ2) is 6.03. The zero-order valence-corrected chi connectivity index (χ0v) is 10.7. The van der Waals surface area contributed by atoms with Gasteiger partial charge in [0.05, 0.1) is 6.61 Å². The molecule has 0 amide bonds. The molecule has 17 heavy (non-hydrogen) atoms. The molecule has 1 aliphatic rings. The van der Waals surface area contributed by atoms with Gasteiger partial charge in [0.1, 0.15) is 0 Å². The fourth-order valence-electron chi connectivity index (χ4n) is 2.40. The van der Waals surface area contributed by atoms with E-state index in [0.717, 1.165) is 19.7 Å². The molecule has 0 aromatic heterocycles. The minimum absolute atomic E-state index is 0.429. The van der Waals surface area contributed by atoms with Crippen molar-refractivity contribution in [1.82, 2.24) is 5.32 Å². The van der Waals surface area contributed by atoms with Crippen molar-refractivity contribution < 1.29 is 4.74 Å². The van der Waals surface area contributed by atoms with Gasteiger partial charge in [-0.05, 0) is 24.6 Å². The van der Waals surface area contributed by atoms with Crippen molar-refractivity contribution in [1.29, 1.82) is 0 Å². The van der Waals surface area contributed by atoms with Crippen LogP contribution in [0.2, 0.25) is 0 Å². The summed E-state index contributed by atoms with van der Waals surface area (Å²) in [6.45, 7) is 5.15. The molecule has 0 radical (unpaired) electrons. The van der Waals surface area contributed by atoms with Crippen LogP contribution in [0.3, 0.4) is 0 Å². The summed E-state index contributed by atoms with van der Waals surface area (Å²) in [7, 11) is 1.76. The number of rotatable bonds is 5. The van der Waals surface area contributed by atoms with E-state index in [-0.39, 0.29) is 0 Å². The lowest BCUT2D eigenvalue weighted by Crippen LogP contribution is -2.23. The van der Waals surface area contributed by atoms with Gasteiger partial charge in [-0.3, -0.25) is 0 Å². The average Bonchev–Trinajstić information content (AvgIpc) is 2.83. The Morgan fingerprint density at radius 1 is 1.47 bits per heavy atom.